The number of likely N-dealkylation sites (tertiary alicyclic amines) is 1. The molecule has 1 fully saturated rings. The van der Waals surface area contributed by atoms with Gasteiger partial charge in [0.2, 0.25) is 17.6 Å². The number of piperidine rings is 1. The second kappa shape index (κ2) is 9.20. The van der Waals surface area contributed by atoms with Crippen molar-refractivity contribution in [3.8, 4) is 11.4 Å². The van der Waals surface area contributed by atoms with Gasteiger partial charge < -0.3 is 9.84 Å². The Kier molecular flexibility index (Phi) is 6.37. The Hall–Kier alpha value is -3.06. The van der Waals surface area contributed by atoms with Crippen molar-refractivity contribution in [2.45, 2.75) is 45.6 Å². The molecule has 0 unspecified atom stereocenters. The zero-order valence-electron chi connectivity index (χ0n) is 18.8. The molecule has 3 aromatic rings. The molecule has 0 aliphatic carbocycles. The number of carbonyl (C=O) groups excluding carboxylic acids is 1. The zero-order chi connectivity index (χ0) is 22.7. The molecule has 0 bridgehead atoms. The number of rotatable bonds is 5. The van der Waals surface area contributed by atoms with Gasteiger partial charge in [0.15, 0.2) is 0 Å². The number of hydrogen-bond donors (Lipinski definition) is 1. The van der Waals surface area contributed by atoms with E-state index >= 15 is 0 Å². The molecule has 32 heavy (non-hydrogen) atoms. The molecule has 1 amide bonds. The molecular formula is C25H29FN4O2. The van der Waals surface area contributed by atoms with E-state index < -0.39 is 0 Å². The Morgan fingerprint density at radius 3 is 2.53 bits per heavy atom. The van der Waals surface area contributed by atoms with E-state index in [-0.39, 0.29) is 23.1 Å². The lowest BCUT2D eigenvalue weighted by Crippen LogP contribution is -2.37. The molecule has 2 aromatic carbocycles. The van der Waals surface area contributed by atoms with Crippen LogP contribution in [0.1, 0.15) is 45.1 Å². The van der Waals surface area contributed by atoms with E-state index in [1.165, 1.54) is 17.7 Å². The first-order valence-corrected chi connectivity index (χ1v) is 11.0. The normalized spacial score (nSPS) is 15.6. The number of halogens is 1. The van der Waals surface area contributed by atoms with Crippen molar-refractivity contribution in [1.29, 1.82) is 0 Å². The van der Waals surface area contributed by atoms with Crippen LogP contribution in [0.5, 0.6) is 0 Å². The average Bonchev–Trinajstić information content (AvgIpc) is 3.22. The lowest BCUT2D eigenvalue weighted by Gasteiger charge is -2.30. The summed E-state index contributed by atoms with van der Waals surface area (Å²) < 4.78 is 18.8. The van der Waals surface area contributed by atoms with E-state index in [0.29, 0.717) is 23.9 Å². The minimum atomic E-state index is -0.360. The van der Waals surface area contributed by atoms with Gasteiger partial charge in [-0.05, 0) is 55.1 Å². The van der Waals surface area contributed by atoms with Crippen molar-refractivity contribution < 1.29 is 13.7 Å². The molecule has 1 aliphatic heterocycles. The quantitative estimate of drug-likeness (QED) is 0.608. The summed E-state index contributed by atoms with van der Waals surface area (Å²) in [5.41, 5.74) is 2.78. The van der Waals surface area contributed by atoms with Crippen molar-refractivity contribution in [2.24, 2.45) is 5.92 Å². The number of nitrogens with one attached hydrogen (secondary N) is 1. The monoisotopic (exact) mass is 436 g/mol. The van der Waals surface area contributed by atoms with Crippen LogP contribution in [0.15, 0.2) is 53.1 Å². The predicted octanol–water partition coefficient (Wildman–Crippen LogP) is 5.02. The van der Waals surface area contributed by atoms with Gasteiger partial charge in [-0.1, -0.05) is 56.3 Å². The Labute approximate surface area is 187 Å². The Bertz CT molecular complexity index is 1060. The van der Waals surface area contributed by atoms with Gasteiger partial charge >= 0.3 is 0 Å². The summed E-state index contributed by atoms with van der Waals surface area (Å²) in [5.74, 6) is 0.650. The zero-order valence-corrected chi connectivity index (χ0v) is 18.8. The molecule has 1 saturated heterocycles. The summed E-state index contributed by atoms with van der Waals surface area (Å²) in [7, 11) is 0. The predicted molar refractivity (Wildman–Crippen MR) is 121 cm³/mol. The molecule has 7 heteroatoms. The van der Waals surface area contributed by atoms with E-state index in [9.17, 15) is 9.18 Å². The van der Waals surface area contributed by atoms with Crippen LogP contribution in [0, 0.1) is 11.7 Å². The molecule has 0 saturated carbocycles. The molecule has 168 valence electrons. The third kappa shape index (κ3) is 5.40. The number of anilines is 1. The van der Waals surface area contributed by atoms with Gasteiger partial charge in [0, 0.05) is 17.2 Å². The summed E-state index contributed by atoms with van der Waals surface area (Å²) in [6.07, 6.45) is 1.47. The van der Waals surface area contributed by atoms with E-state index in [1.54, 1.807) is 12.1 Å². The Morgan fingerprint density at radius 2 is 1.88 bits per heavy atom. The topological polar surface area (TPSA) is 71.3 Å². The van der Waals surface area contributed by atoms with Crippen LogP contribution in [0.4, 0.5) is 10.1 Å². The first-order valence-electron chi connectivity index (χ1n) is 11.0. The number of benzene rings is 2. The number of amides is 1. The minimum absolute atomic E-state index is 0.0611. The maximum Gasteiger partial charge on any atom is 0.241 e. The maximum absolute atomic E-state index is 13.3. The van der Waals surface area contributed by atoms with Crippen LogP contribution < -0.4 is 5.32 Å². The SMILES string of the molecule is CC(C)(C)c1ccc(-c2noc(CN3CCC(C(=O)Nc4cccc(F)c4)CC3)n2)cc1. The fourth-order valence-corrected chi connectivity index (χ4v) is 3.91. The lowest BCUT2D eigenvalue weighted by atomic mass is 9.87. The number of aromatic nitrogens is 2. The molecule has 0 spiro atoms. The summed E-state index contributed by atoms with van der Waals surface area (Å²) in [6, 6.07) is 14.2. The fourth-order valence-electron chi connectivity index (χ4n) is 3.91. The highest BCUT2D eigenvalue weighted by molar-refractivity contribution is 5.92. The summed E-state index contributed by atoms with van der Waals surface area (Å²) in [5, 5.41) is 6.95. The molecule has 2 heterocycles. The molecule has 0 atom stereocenters. The van der Waals surface area contributed by atoms with Gasteiger partial charge in [0.1, 0.15) is 5.82 Å². The van der Waals surface area contributed by atoms with Gasteiger partial charge in [-0.3, -0.25) is 9.69 Å². The smallest absolute Gasteiger partial charge is 0.241 e. The van der Waals surface area contributed by atoms with Crippen LogP contribution in [-0.4, -0.2) is 34.0 Å². The van der Waals surface area contributed by atoms with Crippen molar-refractivity contribution in [1.82, 2.24) is 15.0 Å². The van der Waals surface area contributed by atoms with Crippen molar-refractivity contribution >= 4 is 11.6 Å². The molecule has 6 nitrogen and oxygen atoms in total. The van der Waals surface area contributed by atoms with Gasteiger partial charge in [-0.25, -0.2) is 4.39 Å². The van der Waals surface area contributed by atoms with E-state index in [1.807, 2.05) is 12.1 Å². The first kappa shape index (κ1) is 22.1. The Morgan fingerprint density at radius 1 is 1.16 bits per heavy atom. The van der Waals surface area contributed by atoms with Gasteiger partial charge in [0.05, 0.1) is 6.54 Å². The summed E-state index contributed by atoms with van der Waals surface area (Å²) in [6.45, 7) is 8.64. The van der Waals surface area contributed by atoms with E-state index in [0.717, 1.165) is 31.5 Å². The standard InChI is InChI=1S/C25H29FN4O2/c1-25(2,3)19-9-7-17(8-10-19)23-28-22(32-29-23)16-30-13-11-18(12-14-30)24(31)27-21-6-4-5-20(26)15-21/h4-10,15,18H,11-14,16H2,1-3H3,(H,27,31). The number of hydrogen-bond acceptors (Lipinski definition) is 5. The van der Waals surface area contributed by atoms with Crippen LogP contribution >= 0.6 is 0 Å². The highest BCUT2D eigenvalue weighted by Crippen LogP contribution is 2.26. The van der Waals surface area contributed by atoms with Gasteiger partial charge in [0.25, 0.3) is 0 Å². The highest BCUT2D eigenvalue weighted by Gasteiger charge is 2.26. The molecule has 1 aliphatic rings. The molecule has 1 aromatic heterocycles. The highest BCUT2D eigenvalue weighted by atomic mass is 19.1. The van der Waals surface area contributed by atoms with Crippen molar-refractivity contribution in [2.75, 3.05) is 18.4 Å². The van der Waals surface area contributed by atoms with Crippen LogP contribution in [0.2, 0.25) is 0 Å². The summed E-state index contributed by atoms with van der Waals surface area (Å²) in [4.78, 5) is 19.3. The summed E-state index contributed by atoms with van der Waals surface area (Å²) >= 11 is 0. The average molecular weight is 437 g/mol. The largest absolute Gasteiger partial charge is 0.338 e. The van der Waals surface area contributed by atoms with Crippen LogP contribution in [-0.2, 0) is 16.8 Å². The first-order chi connectivity index (χ1) is 15.3. The molecule has 1 N–H and O–H groups in total. The van der Waals surface area contributed by atoms with E-state index in [4.69, 9.17) is 4.52 Å². The molecular weight excluding hydrogens is 407 g/mol. The lowest BCUT2D eigenvalue weighted by molar-refractivity contribution is -0.121. The molecule has 4 rings (SSSR count). The second-order valence-corrected chi connectivity index (χ2v) is 9.39. The third-order valence-electron chi connectivity index (χ3n) is 5.89. The van der Waals surface area contributed by atoms with Gasteiger partial charge in [-0.15, -0.1) is 0 Å². The van der Waals surface area contributed by atoms with Crippen molar-refractivity contribution in [3.05, 3.63) is 65.8 Å². The maximum atomic E-state index is 13.3. The molecule has 0 radical (unpaired) electrons. The van der Waals surface area contributed by atoms with Crippen LogP contribution in [0.25, 0.3) is 11.4 Å². The fraction of sp³-hybridized carbons (Fsp3) is 0.400. The second-order valence-electron chi connectivity index (χ2n) is 9.39. The van der Waals surface area contributed by atoms with Crippen LogP contribution in [0.3, 0.4) is 0 Å². The third-order valence-corrected chi connectivity index (χ3v) is 5.89. The van der Waals surface area contributed by atoms with Crippen molar-refractivity contribution in [3.63, 3.8) is 0 Å². The number of nitrogens with zero attached hydrogens (tertiary/aromatic N) is 3. The Balaban J connectivity index is 1.29. The van der Waals surface area contributed by atoms with E-state index in [2.05, 4.69) is 53.3 Å². The number of carbonyl (C=O) groups is 1. The van der Waals surface area contributed by atoms with Gasteiger partial charge in [-0.2, -0.15) is 4.98 Å². The minimum Gasteiger partial charge on any atom is -0.338 e.